The molecule has 4 rings (SSSR count). The fourth-order valence-electron chi connectivity index (χ4n) is 2.60. The van der Waals surface area contributed by atoms with Gasteiger partial charge in [-0.2, -0.15) is 0 Å². The molecule has 0 fully saturated rings. The number of hydrogen-bond donors (Lipinski definition) is 2. The molecule has 0 saturated carbocycles. The number of nitrogens with one attached hydrogen (secondary N) is 2. The predicted molar refractivity (Wildman–Crippen MR) is 124 cm³/mol. The van der Waals surface area contributed by atoms with Crippen LogP contribution in [0, 0.1) is 0 Å². The Kier molecular flexibility index (Phi) is 5.99. The fraction of sp³-hybridized carbons (Fsp3) is 0. The van der Waals surface area contributed by atoms with Gasteiger partial charge in [0.05, 0.1) is 5.69 Å². The minimum absolute atomic E-state index is 0.469. The predicted octanol–water partition coefficient (Wildman–Crippen LogP) is 7.03. The zero-order chi connectivity index (χ0) is 19.9. The average molecular weight is 416 g/mol. The summed E-state index contributed by atoms with van der Waals surface area (Å²) in [6.45, 7) is 0. The van der Waals surface area contributed by atoms with Crippen LogP contribution in [0.1, 0.15) is 0 Å². The van der Waals surface area contributed by atoms with Crippen molar-refractivity contribution in [3.63, 3.8) is 0 Å². The summed E-state index contributed by atoms with van der Waals surface area (Å²) < 4.78 is 0. The molecule has 0 aliphatic rings. The minimum atomic E-state index is 0.469. The van der Waals surface area contributed by atoms with Crippen molar-refractivity contribution in [2.75, 3.05) is 10.6 Å². The molecule has 4 aromatic rings. The molecular weight excluding hydrogens is 398 g/mol. The van der Waals surface area contributed by atoms with Crippen molar-refractivity contribution in [3.8, 4) is 11.3 Å². The molecular formula is C22H17N5S2. The molecule has 0 saturated heterocycles. The molecule has 1 aromatic heterocycles. The van der Waals surface area contributed by atoms with Crippen molar-refractivity contribution >= 4 is 50.2 Å². The van der Waals surface area contributed by atoms with Gasteiger partial charge in [-0.05, 0) is 36.5 Å². The summed E-state index contributed by atoms with van der Waals surface area (Å²) in [5.74, 6) is 0. The van der Waals surface area contributed by atoms with E-state index in [4.69, 9.17) is 17.2 Å². The SMILES string of the molecule is S=C(Nc1ccccc1)Nc1nc(-c2ccccc2)c(N=Nc2ccccc2)s1. The van der Waals surface area contributed by atoms with Crippen molar-refractivity contribution in [2.24, 2.45) is 10.2 Å². The lowest BCUT2D eigenvalue weighted by molar-refractivity contribution is 1.24. The van der Waals surface area contributed by atoms with E-state index in [2.05, 4.69) is 20.9 Å². The maximum Gasteiger partial charge on any atom is 0.191 e. The van der Waals surface area contributed by atoms with E-state index in [0.717, 1.165) is 22.6 Å². The second-order valence-electron chi connectivity index (χ2n) is 6.02. The molecule has 1 heterocycles. The maximum absolute atomic E-state index is 5.42. The van der Waals surface area contributed by atoms with E-state index in [1.807, 2.05) is 91.0 Å². The number of nitrogens with zero attached hydrogens (tertiary/aromatic N) is 3. The van der Waals surface area contributed by atoms with Gasteiger partial charge in [-0.3, -0.25) is 0 Å². The van der Waals surface area contributed by atoms with Crippen molar-refractivity contribution in [2.45, 2.75) is 0 Å². The van der Waals surface area contributed by atoms with Gasteiger partial charge in [0.2, 0.25) is 0 Å². The molecule has 0 atom stereocenters. The molecule has 0 radical (unpaired) electrons. The lowest BCUT2D eigenvalue weighted by Gasteiger charge is -2.07. The summed E-state index contributed by atoms with van der Waals surface area (Å²) in [5, 5.41) is 16.9. The highest BCUT2D eigenvalue weighted by Crippen LogP contribution is 2.39. The summed E-state index contributed by atoms with van der Waals surface area (Å²) in [7, 11) is 0. The number of rotatable bonds is 5. The lowest BCUT2D eigenvalue weighted by atomic mass is 10.2. The number of anilines is 2. The Balaban J connectivity index is 1.59. The Morgan fingerprint density at radius 1 is 0.759 bits per heavy atom. The van der Waals surface area contributed by atoms with Gasteiger partial charge in [0, 0.05) is 11.3 Å². The molecule has 2 N–H and O–H groups in total. The first kappa shape index (κ1) is 18.9. The first-order chi connectivity index (χ1) is 14.3. The quantitative estimate of drug-likeness (QED) is 0.271. The monoisotopic (exact) mass is 415 g/mol. The van der Waals surface area contributed by atoms with E-state index in [-0.39, 0.29) is 0 Å². The number of hydrogen-bond acceptors (Lipinski definition) is 5. The van der Waals surface area contributed by atoms with Gasteiger partial charge in [-0.25, -0.2) is 4.98 Å². The summed E-state index contributed by atoms with van der Waals surface area (Å²) in [6, 6.07) is 29.3. The van der Waals surface area contributed by atoms with Gasteiger partial charge < -0.3 is 10.6 Å². The van der Waals surface area contributed by atoms with Crippen LogP contribution in [0.4, 0.5) is 21.5 Å². The third kappa shape index (κ3) is 5.10. The first-order valence-electron chi connectivity index (χ1n) is 8.94. The molecule has 0 aliphatic carbocycles. The van der Waals surface area contributed by atoms with Gasteiger partial charge in [0.15, 0.2) is 15.2 Å². The molecule has 142 valence electrons. The highest BCUT2D eigenvalue weighted by atomic mass is 32.1. The molecule has 0 aliphatic heterocycles. The number of para-hydroxylation sites is 1. The lowest BCUT2D eigenvalue weighted by Crippen LogP contribution is -2.18. The van der Waals surface area contributed by atoms with Gasteiger partial charge in [-0.15, -0.1) is 10.2 Å². The molecule has 0 spiro atoms. The minimum Gasteiger partial charge on any atom is -0.332 e. The second-order valence-corrected chi connectivity index (χ2v) is 7.41. The van der Waals surface area contributed by atoms with E-state index in [0.29, 0.717) is 15.2 Å². The molecule has 0 bridgehead atoms. The van der Waals surface area contributed by atoms with E-state index >= 15 is 0 Å². The Morgan fingerprint density at radius 2 is 1.38 bits per heavy atom. The second kappa shape index (κ2) is 9.18. The topological polar surface area (TPSA) is 61.7 Å². The maximum atomic E-state index is 5.42. The van der Waals surface area contributed by atoms with Crippen LogP contribution in [0.3, 0.4) is 0 Å². The van der Waals surface area contributed by atoms with Crippen molar-refractivity contribution in [1.82, 2.24) is 4.98 Å². The van der Waals surface area contributed by atoms with Crippen LogP contribution in [0.15, 0.2) is 101 Å². The number of azo groups is 1. The fourth-order valence-corrected chi connectivity index (χ4v) is 3.69. The van der Waals surface area contributed by atoms with Crippen molar-refractivity contribution in [1.29, 1.82) is 0 Å². The number of thiazole rings is 1. The zero-order valence-electron chi connectivity index (χ0n) is 15.3. The standard InChI is InChI=1S/C22H17N5S2/c28-21(23-17-12-6-2-7-13-17)25-22-24-19(16-10-4-1-5-11-16)20(29-22)27-26-18-14-8-3-9-15-18/h1-15H,(H2,23,24,25,28). The van der Waals surface area contributed by atoms with Crippen LogP contribution >= 0.6 is 23.6 Å². The van der Waals surface area contributed by atoms with Gasteiger partial charge in [-0.1, -0.05) is 78.1 Å². The largest absolute Gasteiger partial charge is 0.332 e. The van der Waals surface area contributed by atoms with Gasteiger partial charge in [0.25, 0.3) is 0 Å². The van der Waals surface area contributed by atoms with Gasteiger partial charge in [0.1, 0.15) is 5.69 Å². The van der Waals surface area contributed by atoms with Crippen LogP contribution in [0.5, 0.6) is 0 Å². The van der Waals surface area contributed by atoms with Gasteiger partial charge >= 0.3 is 0 Å². The molecule has 5 nitrogen and oxygen atoms in total. The Bertz CT molecular complexity index is 1110. The first-order valence-corrected chi connectivity index (χ1v) is 10.2. The number of thiocarbonyl (C=S) groups is 1. The molecule has 0 unspecified atom stereocenters. The Labute approximate surface area is 178 Å². The summed E-state index contributed by atoms with van der Waals surface area (Å²) in [6.07, 6.45) is 0. The van der Waals surface area contributed by atoms with Crippen LogP contribution in [-0.2, 0) is 0 Å². The normalized spacial score (nSPS) is 10.8. The Hall–Kier alpha value is -3.42. The molecule has 3 aromatic carbocycles. The molecule has 0 amide bonds. The van der Waals surface area contributed by atoms with E-state index in [1.54, 1.807) is 0 Å². The zero-order valence-corrected chi connectivity index (χ0v) is 17.0. The highest BCUT2D eigenvalue weighted by Gasteiger charge is 2.14. The summed E-state index contributed by atoms with van der Waals surface area (Å²) >= 11 is 6.82. The highest BCUT2D eigenvalue weighted by molar-refractivity contribution is 7.80. The van der Waals surface area contributed by atoms with Crippen LogP contribution in [0.2, 0.25) is 0 Å². The summed E-state index contributed by atoms with van der Waals surface area (Å²) in [4.78, 5) is 4.70. The number of benzene rings is 3. The van der Waals surface area contributed by atoms with E-state index in [1.165, 1.54) is 11.3 Å². The van der Waals surface area contributed by atoms with E-state index < -0.39 is 0 Å². The van der Waals surface area contributed by atoms with Crippen LogP contribution in [0.25, 0.3) is 11.3 Å². The molecule has 7 heteroatoms. The van der Waals surface area contributed by atoms with Crippen LogP contribution < -0.4 is 10.6 Å². The van der Waals surface area contributed by atoms with Crippen molar-refractivity contribution in [3.05, 3.63) is 91.0 Å². The van der Waals surface area contributed by atoms with E-state index in [9.17, 15) is 0 Å². The molecule has 29 heavy (non-hydrogen) atoms. The third-order valence-corrected chi connectivity index (χ3v) is 4.98. The third-order valence-electron chi connectivity index (χ3n) is 3.92. The Morgan fingerprint density at radius 3 is 2.07 bits per heavy atom. The summed E-state index contributed by atoms with van der Waals surface area (Å²) in [5.41, 5.74) is 3.44. The van der Waals surface area contributed by atoms with Crippen LogP contribution in [-0.4, -0.2) is 10.1 Å². The smallest absolute Gasteiger partial charge is 0.191 e. The average Bonchev–Trinajstić information content (AvgIpc) is 3.17. The van der Waals surface area contributed by atoms with Crippen molar-refractivity contribution < 1.29 is 0 Å². The number of aromatic nitrogens is 1.